The fourth-order valence-corrected chi connectivity index (χ4v) is 3.73. The summed E-state index contributed by atoms with van der Waals surface area (Å²) in [5.41, 5.74) is 2.55. The van der Waals surface area contributed by atoms with Gasteiger partial charge in [0.2, 0.25) is 5.55 Å². The maximum Gasteiger partial charge on any atom is 0.256 e. The van der Waals surface area contributed by atoms with Crippen LogP contribution in [0.25, 0.3) is 11.0 Å². The Balaban J connectivity index is 1.81. The molecule has 4 rings (SSSR count). The quantitative estimate of drug-likeness (QED) is 0.649. The Morgan fingerprint density at radius 2 is 2.17 bits per heavy atom. The zero-order valence-electron chi connectivity index (χ0n) is 16.9. The van der Waals surface area contributed by atoms with Crippen molar-refractivity contribution in [1.82, 2.24) is 5.32 Å². The van der Waals surface area contributed by atoms with Gasteiger partial charge in [0.25, 0.3) is 5.91 Å². The number of hydrogen-bond acceptors (Lipinski definition) is 5. The summed E-state index contributed by atoms with van der Waals surface area (Å²) >= 11 is 6.36. The first-order chi connectivity index (χ1) is 14.5. The van der Waals surface area contributed by atoms with E-state index in [1.165, 1.54) is 0 Å². The molecule has 6 nitrogen and oxygen atoms in total. The van der Waals surface area contributed by atoms with Crippen molar-refractivity contribution >= 4 is 34.2 Å². The average molecular weight is 427 g/mol. The highest BCUT2D eigenvalue weighted by Gasteiger charge is 2.19. The number of halogens is 1. The normalized spacial score (nSPS) is 16.8. The van der Waals surface area contributed by atoms with E-state index < -0.39 is 0 Å². The molecule has 1 aromatic heterocycles. The van der Waals surface area contributed by atoms with Crippen molar-refractivity contribution in [2.45, 2.75) is 25.9 Å². The van der Waals surface area contributed by atoms with Gasteiger partial charge in [-0.25, -0.2) is 4.99 Å². The van der Waals surface area contributed by atoms with Gasteiger partial charge in [0.05, 0.1) is 23.9 Å². The minimum atomic E-state index is -0.277. The van der Waals surface area contributed by atoms with E-state index in [9.17, 15) is 4.79 Å². The minimum Gasteiger partial charge on any atom is -0.493 e. The van der Waals surface area contributed by atoms with E-state index in [-0.39, 0.29) is 17.6 Å². The Labute approximate surface area is 179 Å². The molecule has 2 heterocycles. The molecule has 0 radical (unpaired) electrons. The lowest BCUT2D eigenvalue weighted by molar-refractivity contribution is 0.0854. The molecule has 2 aromatic carbocycles. The van der Waals surface area contributed by atoms with Crippen LogP contribution in [-0.4, -0.2) is 32.3 Å². The van der Waals surface area contributed by atoms with Gasteiger partial charge in [-0.05, 0) is 49.6 Å². The molecule has 1 fully saturated rings. The lowest BCUT2D eigenvalue weighted by Crippen LogP contribution is -2.34. The molecule has 0 unspecified atom stereocenters. The van der Waals surface area contributed by atoms with Gasteiger partial charge < -0.3 is 19.2 Å². The molecule has 1 aliphatic heterocycles. The molecule has 1 aliphatic rings. The maximum atomic E-state index is 13.0. The van der Waals surface area contributed by atoms with Crippen molar-refractivity contribution < 1.29 is 18.7 Å². The predicted molar refractivity (Wildman–Crippen MR) is 115 cm³/mol. The van der Waals surface area contributed by atoms with E-state index in [4.69, 9.17) is 25.5 Å². The SMILES string of the molecule is COc1cccc2cc(C(=O)NC[C@H]3CCCO3)c(=Nc3ccc(C)cc3Cl)oc12. The third-order valence-corrected chi connectivity index (χ3v) is 5.35. The summed E-state index contributed by atoms with van der Waals surface area (Å²) in [5, 5.41) is 4.16. The van der Waals surface area contributed by atoms with Gasteiger partial charge in [-0.1, -0.05) is 29.8 Å². The number of methoxy groups -OCH3 is 1. The van der Waals surface area contributed by atoms with Gasteiger partial charge in [-0.15, -0.1) is 0 Å². The Hall–Kier alpha value is -2.83. The van der Waals surface area contributed by atoms with Crippen molar-refractivity contribution in [2.24, 2.45) is 4.99 Å². The molecule has 3 aromatic rings. The number of carbonyl (C=O) groups excluding carboxylic acids is 1. The number of aryl methyl sites for hydroxylation is 1. The standard InChI is InChI=1S/C23H23ClN2O4/c1-14-8-9-19(18(24)11-14)26-23-17(22(27)25-13-16-6-4-10-29-16)12-15-5-3-7-20(28-2)21(15)30-23/h3,5,7-9,11-12,16H,4,6,10,13H2,1-2H3,(H,25,27)/t16-/m1/s1. The van der Waals surface area contributed by atoms with Crippen LogP contribution in [0.5, 0.6) is 5.75 Å². The highest BCUT2D eigenvalue weighted by molar-refractivity contribution is 6.33. The van der Waals surface area contributed by atoms with Gasteiger partial charge in [0.15, 0.2) is 11.3 Å². The summed E-state index contributed by atoms with van der Waals surface area (Å²) < 4.78 is 17.1. The molecule has 0 spiro atoms. The number of nitrogens with zero attached hydrogens (tertiary/aromatic N) is 1. The molecule has 0 bridgehead atoms. The van der Waals surface area contributed by atoms with Crippen LogP contribution < -0.4 is 15.6 Å². The third kappa shape index (κ3) is 4.35. The van der Waals surface area contributed by atoms with E-state index in [2.05, 4.69) is 10.3 Å². The zero-order chi connectivity index (χ0) is 21.1. The van der Waals surface area contributed by atoms with Crippen LogP contribution >= 0.6 is 11.6 Å². The number of fused-ring (bicyclic) bond motifs is 1. The third-order valence-electron chi connectivity index (χ3n) is 5.04. The van der Waals surface area contributed by atoms with E-state index in [0.717, 1.165) is 30.4 Å². The highest BCUT2D eigenvalue weighted by atomic mass is 35.5. The highest BCUT2D eigenvalue weighted by Crippen LogP contribution is 2.27. The molecular formula is C23H23ClN2O4. The molecule has 1 atom stereocenters. The van der Waals surface area contributed by atoms with Crippen molar-refractivity contribution in [1.29, 1.82) is 0 Å². The topological polar surface area (TPSA) is 73.1 Å². The fourth-order valence-electron chi connectivity index (χ4n) is 3.45. The molecule has 30 heavy (non-hydrogen) atoms. The van der Waals surface area contributed by atoms with Crippen LogP contribution in [0.1, 0.15) is 28.8 Å². The van der Waals surface area contributed by atoms with E-state index in [0.29, 0.717) is 34.2 Å². The molecule has 7 heteroatoms. The van der Waals surface area contributed by atoms with Crippen LogP contribution in [0.3, 0.4) is 0 Å². The Kier molecular flexibility index (Phi) is 6.06. The number of nitrogens with one attached hydrogen (secondary N) is 1. The van der Waals surface area contributed by atoms with Gasteiger partial charge in [-0.3, -0.25) is 4.79 Å². The van der Waals surface area contributed by atoms with Crippen LogP contribution in [-0.2, 0) is 4.74 Å². The van der Waals surface area contributed by atoms with Crippen LogP contribution in [0, 0.1) is 6.92 Å². The molecule has 1 amide bonds. The molecule has 1 N–H and O–H groups in total. The number of rotatable bonds is 5. The van der Waals surface area contributed by atoms with Gasteiger partial charge in [0.1, 0.15) is 5.56 Å². The van der Waals surface area contributed by atoms with E-state index in [1.807, 2.05) is 31.2 Å². The van der Waals surface area contributed by atoms with Crippen LogP contribution in [0.15, 0.2) is 51.9 Å². The lowest BCUT2D eigenvalue weighted by atomic mass is 10.1. The summed E-state index contributed by atoms with van der Waals surface area (Å²) in [5.74, 6) is 0.284. The first-order valence-corrected chi connectivity index (χ1v) is 10.2. The largest absolute Gasteiger partial charge is 0.493 e. The number of carbonyl (C=O) groups is 1. The average Bonchev–Trinajstić information content (AvgIpc) is 3.26. The Bertz CT molecular complexity index is 1150. The first-order valence-electron chi connectivity index (χ1n) is 9.86. The van der Waals surface area contributed by atoms with Gasteiger partial charge in [0, 0.05) is 18.5 Å². The van der Waals surface area contributed by atoms with Crippen LogP contribution in [0.2, 0.25) is 5.02 Å². The first kappa shape index (κ1) is 20.4. The number of para-hydroxylation sites is 1. The molecular weight excluding hydrogens is 404 g/mol. The summed E-state index contributed by atoms with van der Waals surface area (Å²) in [6, 6.07) is 12.8. The monoisotopic (exact) mass is 426 g/mol. The second kappa shape index (κ2) is 8.90. The lowest BCUT2D eigenvalue weighted by Gasteiger charge is -2.12. The van der Waals surface area contributed by atoms with Crippen molar-refractivity contribution in [3.8, 4) is 5.75 Å². The molecule has 1 saturated heterocycles. The minimum absolute atomic E-state index is 0.0402. The second-order valence-corrected chi connectivity index (χ2v) is 7.66. The van der Waals surface area contributed by atoms with Gasteiger partial charge >= 0.3 is 0 Å². The smallest absolute Gasteiger partial charge is 0.256 e. The number of benzene rings is 2. The van der Waals surface area contributed by atoms with E-state index >= 15 is 0 Å². The number of ether oxygens (including phenoxy) is 2. The fraction of sp³-hybridized carbons (Fsp3) is 0.304. The van der Waals surface area contributed by atoms with Crippen molar-refractivity contribution in [3.63, 3.8) is 0 Å². The Morgan fingerprint density at radius 1 is 1.30 bits per heavy atom. The molecule has 0 aliphatic carbocycles. The number of amides is 1. The second-order valence-electron chi connectivity index (χ2n) is 7.26. The predicted octanol–water partition coefficient (Wildman–Crippen LogP) is 4.54. The molecule has 156 valence electrons. The Morgan fingerprint density at radius 3 is 2.90 bits per heavy atom. The van der Waals surface area contributed by atoms with Crippen molar-refractivity contribution in [2.75, 3.05) is 20.3 Å². The number of hydrogen-bond donors (Lipinski definition) is 1. The van der Waals surface area contributed by atoms with Crippen LogP contribution in [0.4, 0.5) is 5.69 Å². The summed E-state index contributed by atoms with van der Waals surface area (Å²) in [6.45, 7) is 3.13. The summed E-state index contributed by atoms with van der Waals surface area (Å²) in [6.07, 6.45) is 1.99. The summed E-state index contributed by atoms with van der Waals surface area (Å²) in [7, 11) is 1.57. The van der Waals surface area contributed by atoms with Gasteiger partial charge in [-0.2, -0.15) is 0 Å². The summed E-state index contributed by atoms with van der Waals surface area (Å²) in [4.78, 5) is 17.6. The zero-order valence-corrected chi connectivity index (χ0v) is 17.7. The van der Waals surface area contributed by atoms with Crippen molar-refractivity contribution in [3.05, 3.63) is 64.2 Å². The van der Waals surface area contributed by atoms with E-state index in [1.54, 1.807) is 25.3 Å². The maximum absolute atomic E-state index is 13.0. The molecule has 0 saturated carbocycles.